The van der Waals surface area contributed by atoms with Gasteiger partial charge in [-0.2, -0.15) is 0 Å². The molecule has 0 aromatic rings. The van der Waals surface area contributed by atoms with E-state index >= 15 is 0 Å². The smallest absolute Gasteiger partial charge is 0.0936 e. The van der Waals surface area contributed by atoms with Crippen molar-refractivity contribution in [3.63, 3.8) is 0 Å². The van der Waals surface area contributed by atoms with Gasteiger partial charge in [-0.1, -0.05) is 14.9 Å². The third-order valence-corrected chi connectivity index (χ3v) is 0.371. The SMILES string of the molecule is C.C.CNCN.COCN. The number of ether oxygens (including phenoxy) is 1. The molecular weight excluding hydrogens is 130 g/mol. The summed E-state index contributed by atoms with van der Waals surface area (Å²) in [6.45, 7) is 0.889. The second-order valence-electron chi connectivity index (χ2n) is 1.01. The number of methoxy groups -OCH3 is 1. The van der Waals surface area contributed by atoms with Crippen LogP contribution in [0.5, 0.6) is 0 Å². The van der Waals surface area contributed by atoms with Gasteiger partial charge in [-0.05, 0) is 7.05 Å². The third kappa shape index (κ3) is 108. The molecule has 0 aliphatic carbocycles. The average Bonchev–Trinajstić information content (AvgIpc) is 1.88. The van der Waals surface area contributed by atoms with Crippen LogP contribution in [0.4, 0.5) is 0 Å². The van der Waals surface area contributed by atoms with Crippen LogP contribution in [0, 0.1) is 0 Å². The van der Waals surface area contributed by atoms with Crippen molar-refractivity contribution < 1.29 is 4.74 Å². The van der Waals surface area contributed by atoms with Gasteiger partial charge in [0.1, 0.15) is 0 Å². The van der Waals surface area contributed by atoms with Gasteiger partial charge in [0.2, 0.25) is 0 Å². The summed E-state index contributed by atoms with van der Waals surface area (Å²) in [6.07, 6.45) is 0. The quantitative estimate of drug-likeness (QED) is 0.486. The molecule has 4 heteroatoms. The minimum atomic E-state index is 0. The Morgan fingerprint density at radius 3 is 1.50 bits per heavy atom. The Hall–Kier alpha value is -0.160. The Balaban J connectivity index is -0.0000000300. The van der Waals surface area contributed by atoms with Crippen LogP contribution in [0.15, 0.2) is 0 Å². The molecule has 0 saturated heterocycles. The van der Waals surface area contributed by atoms with Gasteiger partial charge in [-0.25, -0.2) is 0 Å². The van der Waals surface area contributed by atoms with Crippen LogP contribution >= 0.6 is 0 Å². The molecule has 0 unspecified atom stereocenters. The first kappa shape index (κ1) is 22.5. The predicted octanol–water partition coefficient (Wildman–Crippen LogP) is -0.0568. The molecule has 0 atom stereocenters. The zero-order chi connectivity index (χ0) is 6.83. The number of nitrogens with one attached hydrogen (secondary N) is 1. The molecule has 68 valence electrons. The van der Waals surface area contributed by atoms with Gasteiger partial charge in [-0.3, -0.25) is 0 Å². The van der Waals surface area contributed by atoms with Gasteiger partial charge < -0.3 is 21.5 Å². The summed E-state index contributed by atoms with van der Waals surface area (Å²) in [4.78, 5) is 0. The van der Waals surface area contributed by atoms with Crippen LogP contribution in [0.3, 0.4) is 0 Å². The van der Waals surface area contributed by atoms with E-state index in [1.165, 1.54) is 0 Å². The maximum atomic E-state index is 4.92. The third-order valence-electron chi connectivity index (χ3n) is 0.371. The Morgan fingerprint density at radius 1 is 1.30 bits per heavy atom. The van der Waals surface area contributed by atoms with E-state index in [1.807, 2.05) is 0 Å². The fourth-order valence-electron chi connectivity index (χ4n) is 0. The van der Waals surface area contributed by atoms with Crippen LogP contribution in [0.25, 0.3) is 0 Å². The van der Waals surface area contributed by atoms with Crippen molar-refractivity contribution in [2.45, 2.75) is 14.9 Å². The minimum absolute atomic E-state index is 0. The summed E-state index contributed by atoms with van der Waals surface area (Å²) in [5.74, 6) is 0. The molecule has 5 N–H and O–H groups in total. The van der Waals surface area contributed by atoms with Gasteiger partial charge in [0.05, 0.1) is 6.73 Å². The Bertz CT molecular complexity index is 21.0. The molecule has 0 spiro atoms. The first-order valence-corrected chi connectivity index (χ1v) is 2.37. The van der Waals surface area contributed by atoms with Crippen molar-refractivity contribution in [1.82, 2.24) is 5.32 Å². The van der Waals surface area contributed by atoms with Crippen molar-refractivity contribution in [2.24, 2.45) is 11.5 Å². The van der Waals surface area contributed by atoms with Crippen molar-refractivity contribution in [3.8, 4) is 0 Å². The molecule has 0 rings (SSSR count). The van der Waals surface area contributed by atoms with Crippen LogP contribution in [0.2, 0.25) is 0 Å². The number of rotatable bonds is 2. The molecule has 4 nitrogen and oxygen atoms in total. The van der Waals surface area contributed by atoms with Crippen LogP contribution in [-0.2, 0) is 4.74 Å². The highest BCUT2D eigenvalue weighted by Crippen LogP contribution is 1.40. The molecule has 0 fully saturated rings. The maximum Gasteiger partial charge on any atom is 0.0936 e. The van der Waals surface area contributed by atoms with Crippen LogP contribution < -0.4 is 16.8 Å². The lowest BCUT2D eigenvalue weighted by Crippen LogP contribution is -2.15. The lowest BCUT2D eigenvalue weighted by atomic mass is 11.1. The molecule has 10 heavy (non-hydrogen) atoms. The second-order valence-corrected chi connectivity index (χ2v) is 1.01. The predicted molar refractivity (Wildman–Crippen MR) is 47.6 cm³/mol. The van der Waals surface area contributed by atoms with E-state index in [4.69, 9.17) is 11.5 Å². The Labute approximate surface area is 64.9 Å². The van der Waals surface area contributed by atoms with E-state index in [0.717, 1.165) is 0 Å². The fraction of sp³-hybridized carbons (Fsp3) is 1.00. The molecule has 0 heterocycles. The second kappa shape index (κ2) is 36.8. The highest BCUT2D eigenvalue weighted by Gasteiger charge is 1.50. The van der Waals surface area contributed by atoms with Crippen molar-refractivity contribution in [1.29, 1.82) is 0 Å². The Kier molecular flexibility index (Phi) is 83.1. The molecule has 0 amide bonds. The largest absolute Gasteiger partial charge is 0.370 e. The number of nitrogens with two attached hydrogens (primary N) is 2. The summed E-state index contributed by atoms with van der Waals surface area (Å²) in [5.41, 5.74) is 9.72. The average molecular weight is 153 g/mol. The van der Waals surface area contributed by atoms with Gasteiger partial charge in [0.15, 0.2) is 0 Å². The molecule has 0 aromatic heterocycles. The van der Waals surface area contributed by atoms with Crippen LogP contribution in [0.1, 0.15) is 14.9 Å². The molecule has 0 radical (unpaired) electrons. The van der Waals surface area contributed by atoms with E-state index in [2.05, 4.69) is 10.1 Å². The first-order valence-electron chi connectivity index (χ1n) is 2.37. The number of hydrogen-bond acceptors (Lipinski definition) is 4. The highest BCUT2D eigenvalue weighted by atomic mass is 16.5. The first-order chi connectivity index (χ1) is 3.83. The molecule has 0 aromatic carbocycles. The summed E-state index contributed by atoms with van der Waals surface area (Å²) < 4.78 is 4.32. The molecule has 0 bridgehead atoms. The van der Waals surface area contributed by atoms with Crippen LogP contribution in [-0.4, -0.2) is 27.6 Å². The molecular formula is C6H23N3O. The van der Waals surface area contributed by atoms with Gasteiger partial charge in [-0.15, -0.1) is 0 Å². The maximum absolute atomic E-state index is 4.92. The topological polar surface area (TPSA) is 73.3 Å². The normalized spacial score (nSPS) is 6.00. The Morgan fingerprint density at radius 2 is 1.50 bits per heavy atom. The summed E-state index contributed by atoms with van der Waals surface area (Å²) in [7, 11) is 3.36. The van der Waals surface area contributed by atoms with Gasteiger partial charge in [0.25, 0.3) is 0 Å². The highest BCUT2D eigenvalue weighted by molar-refractivity contribution is 4.12. The van der Waals surface area contributed by atoms with E-state index in [9.17, 15) is 0 Å². The van der Waals surface area contributed by atoms with Crippen molar-refractivity contribution >= 4 is 0 Å². The van der Waals surface area contributed by atoms with Crippen molar-refractivity contribution in [2.75, 3.05) is 27.6 Å². The summed E-state index contributed by atoms with van der Waals surface area (Å²) >= 11 is 0. The van der Waals surface area contributed by atoms with E-state index in [1.54, 1.807) is 14.2 Å². The molecule has 0 saturated carbocycles. The minimum Gasteiger partial charge on any atom is -0.370 e. The van der Waals surface area contributed by atoms with E-state index in [-0.39, 0.29) is 14.9 Å². The summed E-state index contributed by atoms with van der Waals surface area (Å²) in [5, 5.41) is 2.71. The molecule has 0 aliphatic rings. The van der Waals surface area contributed by atoms with E-state index in [0.29, 0.717) is 13.4 Å². The fourth-order valence-corrected chi connectivity index (χ4v) is 0. The van der Waals surface area contributed by atoms with E-state index < -0.39 is 0 Å². The summed E-state index contributed by atoms with van der Waals surface area (Å²) in [6, 6.07) is 0. The molecule has 0 aliphatic heterocycles. The monoisotopic (exact) mass is 153 g/mol. The lowest BCUT2D eigenvalue weighted by molar-refractivity contribution is 0.207. The standard InChI is InChI=1S/C2H8N2.C2H7NO.2CH4/c2*1-4-2-3;;/h4H,2-3H2,1H3;2-3H2,1H3;2*1H4. The zero-order valence-corrected chi connectivity index (χ0v) is 5.48. The lowest BCUT2D eigenvalue weighted by Gasteiger charge is -1.77. The van der Waals surface area contributed by atoms with Gasteiger partial charge >= 0.3 is 0 Å². The zero-order valence-electron chi connectivity index (χ0n) is 5.48. The van der Waals surface area contributed by atoms with Gasteiger partial charge in [0, 0.05) is 13.8 Å². The number of hydrogen-bond donors (Lipinski definition) is 3. The van der Waals surface area contributed by atoms with Crippen molar-refractivity contribution in [3.05, 3.63) is 0 Å².